The number of rotatable bonds is 1. The number of amides is 4. The van der Waals surface area contributed by atoms with Gasteiger partial charge in [0.1, 0.15) is 26.8 Å². The number of likely N-dealkylation sites (N-methyl/N-ethyl adjacent to an activating group) is 3. The molecule has 0 aromatic rings. The monoisotopic (exact) mass is 274 g/mol. The molecular weight excluding hydrogens is 254 g/mol. The first-order valence-corrected chi connectivity index (χ1v) is 6.67. The second-order valence-corrected chi connectivity index (χ2v) is 6.39. The Balaban J connectivity index is 2.72. The van der Waals surface area contributed by atoms with Crippen LogP contribution in [0.1, 0.15) is 27.7 Å². The molecular formula is C12H20B2N4O2. The van der Waals surface area contributed by atoms with Crippen molar-refractivity contribution in [3.8, 4) is 0 Å². The molecule has 2 unspecified atom stereocenters. The molecule has 2 atom stereocenters. The average Bonchev–Trinajstić information content (AvgIpc) is 2.57. The standard InChI is InChI=1S/C12H20B2N4O2/c1-7-17-9(20)18(10(2,3)4)12(14)11(17,13)15(5)8(19)16(12)6/h7H2,1-6H3. The summed E-state index contributed by atoms with van der Waals surface area (Å²) in [6, 6.07) is -0.577. The first kappa shape index (κ1) is 15.1. The van der Waals surface area contributed by atoms with E-state index in [1.165, 1.54) is 19.6 Å². The Morgan fingerprint density at radius 1 is 1.00 bits per heavy atom. The van der Waals surface area contributed by atoms with Crippen LogP contribution >= 0.6 is 0 Å². The number of hydrogen-bond donors (Lipinski definition) is 0. The highest BCUT2D eigenvalue weighted by Gasteiger charge is 2.72. The van der Waals surface area contributed by atoms with Gasteiger partial charge >= 0.3 is 12.1 Å². The van der Waals surface area contributed by atoms with E-state index in [0.29, 0.717) is 6.54 Å². The van der Waals surface area contributed by atoms with E-state index in [1.807, 2.05) is 27.7 Å². The molecule has 0 saturated carbocycles. The van der Waals surface area contributed by atoms with Crippen molar-refractivity contribution in [1.82, 2.24) is 19.6 Å². The summed E-state index contributed by atoms with van der Waals surface area (Å²) in [6.07, 6.45) is 0. The Morgan fingerprint density at radius 2 is 1.45 bits per heavy atom. The molecule has 2 aliphatic heterocycles. The van der Waals surface area contributed by atoms with Crippen molar-refractivity contribution in [3.05, 3.63) is 0 Å². The number of fused-ring (bicyclic) bond motifs is 1. The lowest BCUT2D eigenvalue weighted by Crippen LogP contribution is -2.70. The highest BCUT2D eigenvalue weighted by Crippen LogP contribution is 2.49. The van der Waals surface area contributed by atoms with Crippen LogP contribution < -0.4 is 0 Å². The molecule has 0 bridgehead atoms. The maximum absolute atomic E-state index is 12.7. The van der Waals surface area contributed by atoms with E-state index >= 15 is 0 Å². The van der Waals surface area contributed by atoms with Gasteiger partial charge in [0.25, 0.3) is 0 Å². The Kier molecular flexibility index (Phi) is 2.91. The number of urea groups is 2. The van der Waals surface area contributed by atoms with Crippen LogP contribution in [0.3, 0.4) is 0 Å². The summed E-state index contributed by atoms with van der Waals surface area (Å²) in [4.78, 5) is 30.6. The van der Waals surface area contributed by atoms with Crippen LogP contribution in [0, 0.1) is 0 Å². The molecule has 0 N–H and O–H groups in total. The summed E-state index contributed by atoms with van der Waals surface area (Å²) in [6.45, 7) is 7.79. The van der Waals surface area contributed by atoms with Gasteiger partial charge < -0.3 is 19.6 Å². The third kappa shape index (κ3) is 1.32. The van der Waals surface area contributed by atoms with Crippen LogP contribution in [0.15, 0.2) is 0 Å². The normalized spacial score (nSPS) is 34.3. The summed E-state index contributed by atoms with van der Waals surface area (Å²) >= 11 is 0. The SMILES string of the molecule is [B]C12N(C)C(=O)N(C)C1([B])N(C(C)(C)C)C(=O)N2CC. The maximum atomic E-state index is 12.7. The van der Waals surface area contributed by atoms with Crippen LogP contribution in [-0.4, -0.2) is 84.7 Å². The largest absolute Gasteiger partial charge is 0.323 e. The van der Waals surface area contributed by atoms with Gasteiger partial charge in [-0.15, -0.1) is 0 Å². The molecule has 0 aromatic carbocycles. The molecule has 0 aromatic heterocycles. The molecule has 4 radical (unpaired) electrons. The van der Waals surface area contributed by atoms with E-state index in [2.05, 4.69) is 0 Å². The zero-order valence-electron chi connectivity index (χ0n) is 13.0. The third-order valence-electron chi connectivity index (χ3n) is 4.30. The molecule has 2 aliphatic rings. The first-order chi connectivity index (χ1) is 8.95. The predicted molar refractivity (Wildman–Crippen MR) is 77.3 cm³/mol. The highest BCUT2D eigenvalue weighted by molar-refractivity contribution is 6.32. The molecule has 8 heteroatoms. The van der Waals surface area contributed by atoms with Crippen LogP contribution in [0.25, 0.3) is 0 Å². The molecule has 0 spiro atoms. The molecule has 2 heterocycles. The molecule has 2 fully saturated rings. The summed E-state index contributed by atoms with van der Waals surface area (Å²) in [5, 5.41) is 0. The van der Waals surface area contributed by atoms with Gasteiger partial charge in [-0.1, -0.05) is 0 Å². The van der Waals surface area contributed by atoms with Crippen molar-refractivity contribution >= 4 is 27.8 Å². The highest BCUT2D eigenvalue weighted by atomic mass is 16.2. The van der Waals surface area contributed by atoms with Crippen molar-refractivity contribution < 1.29 is 9.59 Å². The summed E-state index contributed by atoms with van der Waals surface area (Å²) in [5.74, 6) is 0. The quantitative estimate of drug-likeness (QED) is 0.640. The van der Waals surface area contributed by atoms with Gasteiger partial charge in [0, 0.05) is 26.2 Å². The molecule has 4 amide bonds. The van der Waals surface area contributed by atoms with Gasteiger partial charge in [-0.3, -0.25) is 0 Å². The second-order valence-electron chi connectivity index (χ2n) is 6.39. The number of hydrogen-bond acceptors (Lipinski definition) is 2. The topological polar surface area (TPSA) is 47.1 Å². The van der Waals surface area contributed by atoms with E-state index < -0.39 is 16.7 Å². The van der Waals surface area contributed by atoms with E-state index in [0.717, 1.165) is 0 Å². The molecule has 20 heavy (non-hydrogen) atoms. The Labute approximate surface area is 122 Å². The predicted octanol–water partition coefficient (Wildman–Crippen LogP) is 0.184. The van der Waals surface area contributed by atoms with Gasteiger partial charge in [-0.05, 0) is 27.7 Å². The first-order valence-electron chi connectivity index (χ1n) is 6.67. The van der Waals surface area contributed by atoms with Crippen molar-refractivity contribution in [2.75, 3.05) is 20.6 Å². The maximum Gasteiger partial charge on any atom is 0.323 e. The van der Waals surface area contributed by atoms with Crippen LogP contribution in [0.5, 0.6) is 0 Å². The number of carbonyl (C=O) groups excluding carboxylic acids is 2. The van der Waals surface area contributed by atoms with E-state index in [1.54, 1.807) is 14.1 Å². The van der Waals surface area contributed by atoms with Crippen molar-refractivity contribution in [1.29, 1.82) is 0 Å². The fraction of sp³-hybridized carbons (Fsp3) is 0.833. The number of carbonyl (C=O) groups is 2. The third-order valence-corrected chi connectivity index (χ3v) is 4.30. The Hall–Kier alpha value is -1.33. The zero-order valence-corrected chi connectivity index (χ0v) is 13.0. The zero-order chi connectivity index (χ0) is 15.7. The van der Waals surface area contributed by atoms with Crippen LogP contribution in [0.2, 0.25) is 0 Å². The van der Waals surface area contributed by atoms with Gasteiger partial charge in [0.2, 0.25) is 0 Å². The van der Waals surface area contributed by atoms with Crippen molar-refractivity contribution in [3.63, 3.8) is 0 Å². The van der Waals surface area contributed by atoms with Crippen LogP contribution in [0.4, 0.5) is 9.59 Å². The lowest BCUT2D eigenvalue weighted by Gasteiger charge is -2.49. The van der Waals surface area contributed by atoms with E-state index in [4.69, 9.17) is 15.7 Å². The molecule has 6 nitrogen and oxygen atoms in total. The lowest BCUT2D eigenvalue weighted by atomic mass is 9.64. The van der Waals surface area contributed by atoms with Crippen LogP contribution in [-0.2, 0) is 0 Å². The smallest absolute Gasteiger partial charge is 0.310 e. The van der Waals surface area contributed by atoms with Gasteiger partial charge in [-0.2, -0.15) is 0 Å². The van der Waals surface area contributed by atoms with E-state index in [9.17, 15) is 9.59 Å². The Bertz CT molecular complexity index is 481. The van der Waals surface area contributed by atoms with Gasteiger partial charge in [0.15, 0.2) is 0 Å². The summed E-state index contributed by atoms with van der Waals surface area (Å²) in [5.41, 5.74) is -3.37. The lowest BCUT2D eigenvalue weighted by molar-refractivity contribution is 0.0327. The van der Waals surface area contributed by atoms with Crippen molar-refractivity contribution in [2.24, 2.45) is 0 Å². The summed E-state index contributed by atoms with van der Waals surface area (Å²) in [7, 11) is 16.1. The second kappa shape index (κ2) is 3.86. The minimum absolute atomic E-state index is 0.267. The molecule has 0 aliphatic carbocycles. The molecule has 2 saturated heterocycles. The Morgan fingerprint density at radius 3 is 1.85 bits per heavy atom. The van der Waals surface area contributed by atoms with Crippen molar-refractivity contribution in [2.45, 2.75) is 44.4 Å². The van der Waals surface area contributed by atoms with Gasteiger partial charge in [0.05, 0.1) is 0 Å². The molecule has 106 valence electrons. The minimum Gasteiger partial charge on any atom is -0.310 e. The van der Waals surface area contributed by atoms with E-state index in [-0.39, 0.29) is 12.1 Å². The molecule has 2 rings (SSSR count). The minimum atomic E-state index is -1.41. The fourth-order valence-electron chi connectivity index (χ4n) is 3.29. The number of nitrogens with zero attached hydrogens (tertiary/aromatic N) is 4. The van der Waals surface area contributed by atoms with Gasteiger partial charge in [-0.25, -0.2) is 9.59 Å². The average molecular weight is 274 g/mol. The summed E-state index contributed by atoms with van der Waals surface area (Å²) < 4.78 is 0. The fourth-order valence-corrected chi connectivity index (χ4v) is 3.29.